The van der Waals surface area contributed by atoms with Crippen molar-refractivity contribution in [3.63, 3.8) is 0 Å². The highest BCUT2D eigenvalue weighted by molar-refractivity contribution is 8.00. The zero-order valence-electron chi connectivity index (χ0n) is 15.4. The van der Waals surface area contributed by atoms with Crippen LogP contribution in [0.4, 0.5) is 0 Å². The van der Waals surface area contributed by atoms with Crippen LogP contribution in [0.5, 0.6) is 0 Å². The smallest absolute Gasteiger partial charge is 0.307 e. The number of rotatable bonds is 3. The van der Waals surface area contributed by atoms with Crippen molar-refractivity contribution in [1.82, 2.24) is 4.90 Å². The highest BCUT2D eigenvalue weighted by atomic mass is 32.2. The zero-order chi connectivity index (χ0) is 18.1. The second-order valence-corrected chi connectivity index (χ2v) is 9.33. The molecule has 2 saturated heterocycles. The third kappa shape index (κ3) is 3.51. The maximum absolute atomic E-state index is 13.1. The predicted molar refractivity (Wildman–Crippen MR) is 102 cm³/mol. The first-order valence-electron chi connectivity index (χ1n) is 9.80. The average molecular weight is 374 g/mol. The highest BCUT2D eigenvalue weighted by Crippen LogP contribution is 2.46. The maximum atomic E-state index is 13.1. The van der Waals surface area contributed by atoms with Crippen molar-refractivity contribution < 1.29 is 14.3 Å². The first-order chi connectivity index (χ1) is 12.6. The summed E-state index contributed by atoms with van der Waals surface area (Å²) >= 11 is 1.92. The van der Waals surface area contributed by atoms with Gasteiger partial charge in [-0.15, -0.1) is 11.8 Å². The minimum atomic E-state index is -0.484. The lowest BCUT2D eigenvalue weighted by molar-refractivity contribution is -0.151. The monoisotopic (exact) mass is 373 g/mol. The fourth-order valence-corrected chi connectivity index (χ4v) is 5.78. The normalized spacial score (nSPS) is 25.7. The number of amides is 1. The summed E-state index contributed by atoms with van der Waals surface area (Å²) in [6.45, 7) is 3.69. The van der Waals surface area contributed by atoms with Crippen molar-refractivity contribution in [3.8, 4) is 0 Å². The molecule has 3 aliphatic rings. The number of ether oxygens (including phenoxy) is 1. The Labute approximate surface area is 159 Å². The highest BCUT2D eigenvalue weighted by Gasteiger charge is 2.54. The molecule has 0 aromatic heterocycles. The molecule has 5 heteroatoms. The fraction of sp³-hybridized carbons (Fsp3) is 0.619. The number of aryl methyl sites for hydroxylation is 1. The Morgan fingerprint density at radius 2 is 1.81 bits per heavy atom. The van der Waals surface area contributed by atoms with Crippen LogP contribution in [0.25, 0.3) is 0 Å². The van der Waals surface area contributed by atoms with Crippen LogP contribution in [-0.2, 0) is 14.3 Å². The quantitative estimate of drug-likeness (QED) is 0.753. The molecule has 0 N–H and O–H groups in total. The molecule has 0 bridgehead atoms. The number of esters is 1. The van der Waals surface area contributed by atoms with Crippen LogP contribution in [0.3, 0.4) is 0 Å². The van der Waals surface area contributed by atoms with Gasteiger partial charge in [-0.05, 0) is 57.6 Å². The van der Waals surface area contributed by atoms with Crippen LogP contribution in [0.15, 0.2) is 29.2 Å². The summed E-state index contributed by atoms with van der Waals surface area (Å²) < 4.78 is 5.65. The third-order valence-corrected chi connectivity index (χ3v) is 7.50. The number of carbonyl (C=O) groups excluding carboxylic acids is 2. The molecular weight excluding hydrogens is 346 g/mol. The Balaban J connectivity index is 1.34. The van der Waals surface area contributed by atoms with Gasteiger partial charge in [0.15, 0.2) is 0 Å². The molecule has 1 aromatic carbocycles. The van der Waals surface area contributed by atoms with Crippen molar-refractivity contribution in [2.75, 3.05) is 13.1 Å². The second kappa shape index (κ2) is 7.26. The van der Waals surface area contributed by atoms with Gasteiger partial charge in [-0.25, -0.2) is 0 Å². The summed E-state index contributed by atoms with van der Waals surface area (Å²) in [7, 11) is 0. The van der Waals surface area contributed by atoms with Gasteiger partial charge in [-0.2, -0.15) is 0 Å². The molecule has 1 amide bonds. The Morgan fingerprint density at radius 1 is 1.15 bits per heavy atom. The van der Waals surface area contributed by atoms with E-state index in [1.807, 2.05) is 16.7 Å². The van der Waals surface area contributed by atoms with E-state index in [1.165, 1.54) is 10.5 Å². The van der Waals surface area contributed by atoms with Crippen LogP contribution >= 0.6 is 11.8 Å². The Morgan fingerprint density at radius 3 is 2.46 bits per heavy atom. The molecule has 1 aromatic rings. The summed E-state index contributed by atoms with van der Waals surface area (Å²) in [5, 5.41) is 0.559. The molecule has 1 aliphatic carbocycles. The number of hydrogen-bond donors (Lipinski definition) is 0. The molecule has 2 heterocycles. The number of nitrogens with zero attached hydrogens (tertiary/aromatic N) is 1. The van der Waals surface area contributed by atoms with Crippen LogP contribution < -0.4 is 0 Å². The zero-order valence-corrected chi connectivity index (χ0v) is 16.2. The molecule has 1 unspecified atom stereocenters. The molecule has 1 atom stereocenters. The van der Waals surface area contributed by atoms with Crippen molar-refractivity contribution in [1.29, 1.82) is 0 Å². The van der Waals surface area contributed by atoms with E-state index >= 15 is 0 Å². The van der Waals surface area contributed by atoms with E-state index in [0.717, 1.165) is 51.6 Å². The van der Waals surface area contributed by atoms with Crippen molar-refractivity contribution >= 4 is 23.6 Å². The topological polar surface area (TPSA) is 46.6 Å². The van der Waals surface area contributed by atoms with Gasteiger partial charge < -0.3 is 9.64 Å². The van der Waals surface area contributed by atoms with Crippen LogP contribution in [-0.4, -0.2) is 40.7 Å². The summed E-state index contributed by atoms with van der Waals surface area (Å²) in [6, 6.07) is 8.67. The number of piperidine rings is 1. The Hall–Kier alpha value is -1.49. The lowest BCUT2D eigenvalue weighted by Gasteiger charge is -2.36. The van der Waals surface area contributed by atoms with Gasteiger partial charge in [0, 0.05) is 23.2 Å². The molecule has 140 valence electrons. The molecule has 2 aliphatic heterocycles. The first kappa shape index (κ1) is 17.9. The fourth-order valence-electron chi connectivity index (χ4n) is 4.65. The number of carbonyl (C=O) groups is 2. The van der Waals surface area contributed by atoms with Crippen molar-refractivity contribution in [3.05, 3.63) is 29.8 Å². The van der Waals surface area contributed by atoms with E-state index < -0.39 is 5.60 Å². The lowest BCUT2D eigenvalue weighted by atomic mass is 9.84. The maximum Gasteiger partial charge on any atom is 0.307 e. The van der Waals surface area contributed by atoms with Crippen LogP contribution in [0.2, 0.25) is 0 Å². The van der Waals surface area contributed by atoms with Crippen LogP contribution in [0.1, 0.15) is 50.5 Å². The van der Waals surface area contributed by atoms with E-state index in [1.54, 1.807) is 0 Å². The summed E-state index contributed by atoms with van der Waals surface area (Å²) in [4.78, 5) is 28.3. The molecular formula is C21H27NO3S. The minimum Gasteiger partial charge on any atom is -0.458 e. The van der Waals surface area contributed by atoms with E-state index in [-0.39, 0.29) is 24.2 Å². The summed E-state index contributed by atoms with van der Waals surface area (Å²) in [6.07, 6.45) is 6.14. The Bertz CT molecular complexity index is 673. The first-order valence-corrected chi connectivity index (χ1v) is 10.7. The summed E-state index contributed by atoms with van der Waals surface area (Å²) in [5.41, 5.74) is 0.797. The number of likely N-dealkylation sites (tertiary alicyclic amines) is 1. The van der Waals surface area contributed by atoms with E-state index in [9.17, 15) is 9.59 Å². The van der Waals surface area contributed by atoms with Crippen molar-refractivity contribution in [2.45, 2.75) is 67.6 Å². The predicted octanol–water partition coefficient (Wildman–Crippen LogP) is 3.95. The van der Waals surface area contributed by atoms with Gasteiger partial charge in [-0.1, -0.05) is 17.7 Å². The van der Waals surface area contributed by atoms with Crippen molar-refractivity contribution in [2.24, 2.45) is 5.92 Å². The second-order valence-electron chi connectivity index (χ2n) is 7.96. The van der Waals surface area contributed by atoms with E-state index in [2.05, 4.69) is 31.2 Å². The van der Waals surface area contributed by atoms with E-state index in [4.69, 9.17) is 4.74 Å². The van der Waals surface area contributed by atoms with Gasteiger partial charge in [0.25, 0.3) is 0 Å². The minimum absolute atomic E-state index is 0.150. The van der Waals surface area contributed by atoms with Gasteiger partial charge >= 0.3 is 5.97 Å². The standard InChI is InChI=1S/C21H27NO3S/c1-15-4-6-16(7-5-15)26-17-8-12-22(13-9-17)20(24)18-14-19(23)25-21(18)10-2-3-11-21/h4-7,17-18H,2-3,8-14H2,1H3. The Kier molecular flexibility index (Phi) is 5.00. The van der Waals surface area contributed by atoms with Gasteiger partial charge in [0.05, 0.1) is 12.3 Å². The average Bonchev–Trinajstić information content (AvgIpc) is 3.24. The molecule has 0 radical (unpaired) electrons. The SMILES string of the molecule is Cc1ccc(SC2CCN(C(=O)C3CC(=O)OC34CCCC4)CC2)cc1. The number of benzene rings is 1. The van der Waals surface area contributed by atoms with Crippen LogP contribution in [0, 0.1) is 12.8 Å². The van der Waals surface area contributed by atoms with Gasteiger partial charge in [0.2, 0.25) is 5.91 Å². The molecule has 1 spiro atoms. The summed E-state index contributed by atoms with van der Waals surface area (Å²) in [5.74, 6) is -0.287. The largest absolute Gasteiger partial charge is 0.458 e. The van der Waals surface area contributed by atoms with Gasteiger partial charge in [0.1, 0.15) is 5.60 Å². The molecule has 4 nitrogen and oxygen atoms in total. The lowest BCUT2D eigenvalue weighted by Crippen LogP contribution is -2.48. The van der Waals surface area contributed by atoms with Gasteiger partial charge in [-0.3, -0.25) is 9.59 Å². The molecule has 4 rings (SSSR count). The third-order valence-electron chi connectivity index (χ3n) is 6.15. The molecule has 3 fully saturated rings. The molecule has 26 heavy (non-hydrogen) atoms. The molecule has 1 saturated carbocycles. The van der Waals surface area contributed by atoms with E-state index in [0.29, 0.717) is 5.25 Å². The number of hydrogen-bond acceptors (Lipinski definition) is 4. The number of thioether (sulfide) groups is 1.